The second-order valence-corrected chi connectivity index (χ2v) is 4.63. The number of ether oxygens (including phenoxy) is 1. The fraction of sp³-hybridized carbons (Fsp3) is 0.250. The molecule has 1 aromatic heterocycles. The van der Waals surface area contributed by atoms with Gasteiger partial charge in [0.15, 0.2) is 11.0 Å². The molecule has 0 amide bonds. The molecule has 0 N–H and O–H groups in total. The highest BCUT2D eigenvalue weighted by Gasteiger charge is 2.10. The summed E-state index contributed by atoms with van der Waals surface area (Å²) in [6.07, 6.45) is 1.95. The summed E-state index contributed by atoms with van der Waals surface area (Å²) < 4.78 is 11.0. The first-order valence-corrected chi connectivity index (χ1v) is 6.68. The van der Waals surface area contributed by atoms with Gasteiger partial charge in [0.2, 0.25) is 0 Å². The van der Waals surface area contributed by atoms with Gasteiger partial charge >= 0.3 is 0 Å². The summed E-state index contributed by atoms with van der Waals surface area (Å²) in [6, 6.07) is 7.24. The Morgan fingerprint density at radius 3 is 2.71 bits per heavy atom. The molecule has 5 heteroatoms. The average molecular weight is 270 g/mol. The number of hydrogen-bond donors (Lipinski definition) is 0. The predicted octanol–water partition coefficient (Wildman–Crippen LogP) is 3.94. The van der Waals surface area contributed by atoms with E-state index in [2.05, 4.69) is 4.98 Å². The van der Waals surface area contributed by atoms with E-state index in [1.165, 1.54) is 11.8 Å². The Morgan fingerprint density at radius 2 is 2.06 bits per heavy atom. The normalized spacial score (nSPS) is 10.5. The molecule has 0 saturated carbocycles. The monoisotopic (exact) mass is 269 g/mol. The van der Waals surface area contributed by atoms with Crippen molar-refractivity contribution in [1.29, 1.82) is 0 Å². The van der Waals surface area contributed by atoms with Crippen LogP contribution in [0.4, 0.5) is 0 Å². The number of halogens is 1. The van der Waals surface area contributed by atoms with E-state index in [0.29, 0.717) is 17.5 Å². The largest absolute Gasteiger partial charge is 0.487 e. The third-order valence-electron chi connectivity index (χ3n) is 2.14. The predicted molar refractivity (Wildman–Crippen MR) is 68.8 cm³/mol. The first-order valence-electron chi connectivity index (χ1n) is 5.07. The SMILES string of the molecule is CSc1oc(C)nc1COc1ccc(Cl)cc1. The maximum absolute atomic E-state index is 5.79. The van der Waals surface area contributed by atoms with Crippen molar-refractivity contribution >= 4 is 23.4 Å². The smallest absolute Gasteiger partial charge is 0.192 e. The Hall–Kier alpha value is -1.13. The molecule has 90 valence electrons. The number of hydrogen-bond acceptors (Lipinski definition) is 4. The molecule has 0 bridgehead atoms. The number of aryl methyl sites for hydroxylation is 1. The molecule has 0 aliphatic rings. The van der Waals surface area contributed by atoms with Crippen LogP contribution in [-0.4, -0.2) is 11.2 Å². The molecule has 1 heterocycles. The summed E-state index contributed by atoms with van der Waals surface area (Å²) >= 11 is 7.32. The molecular weight excluding hydrogens is 258 g/mol. The van der Waals surface area contributed by atoms with Gasteiger partial charge in [-0.05, 0) is 30.5 Å². The van der Waals surface area contributed by atoms with Crippen LogP contribution >= 0.6 is 23.4 Å². The van der Waals surface area contributed by atoms with E-state index in [4.69, 9.17) is 20.8 Å². The lowest BCUT2D eigenvalue weighted by Crippen LogP contribution is -1.97. The zero-order valence-corrected chi connectivity index (χ0v) is 11.1. The second-order valence-electron chi connectivity index (χ2n) is 3.41. The standard InChI is InChI=1S/C12H12ClNO2S/c1-8-14-11(12(16-8)17-2)7-15-10-5-3-9(13)4-6-10/h3-6H,7H2,1-2H3. The first-order chi connectivity index (χ1) is 8.19. The van der Waals surface area contributed by atoms with Gasteiger partial charge in [-0.25, -0.2) is 4.98 Å². The number of thioether (sulfide) groups is 1. The molecule has 0 unspecified atom stereocenters. The van der Waals surface area contributed by atoms with Gasteiger partial charge in [-0.1, -0.05) is 23.4 Å². The van der Waals surface area contributed by atoms with E-state index in [0.717, 1.165) is 16.5 Å². The molecule has 0 aliphatic heterocycles. The second kappa shape index (κ2) is 5.47. The van der Waals surface area contributed by atoms with Crippen molar-refractivity contribution in [3.8, 4) is 5.75 Å². The van der Waals surface area contributed by atoms with Gasteiger partial charge in [-0.15, -0.1) is 0 Å². The molecule has 0 fully saturated rings. The van der Waals surface area contributed by atoms with Crippen LogP contribution < -0.4 is 4.74 Å². The molecule has 2 rings (SSSR count). The number of oxazole rings is 1. The van der Waals surface area contributed by atoms with Gasteiger partial charge in [0.25, 0.3) is 0 Å². The van der Waals surface area contributed by atoms with Crippen molar-refractivity contribution in [2.75, 3.05) is 6.26 Å². The zero-order valence-electron chi connectivity index (χ0n) is 9.57. The Balaban J connectivity index is 2.04. The quantitative estimate of drug-likeness (QED) is 0.788. The molecular formula is C12H12ClNO2S. The minimum absolute atomic E-state index is 0.398. The number of nitrogens with zero attached hydrogens (tertiary/aromatic N) is 1. The van der Waals surface area contributed by atoms with E-state index in [1.54, 1.807) is 12.1 Å². The first kappa shape index (κ1) is 12.3. The van der Waals surface area contributed by atoms with E-state index in [-0.39, 0.29) is 0 Å². The number of benzene rings is 1. The molecule has 0 saturated heterocycles. The lowest BCUT2D eigenvalue weighted by Gasteiger charge is -2.04. The summed E-state index contributed by atoms with van der Waals surface area (Å²) in [4.78, 5) is 4.28. The Labute approximate surface area is 109 Å². The van der Waals surface area contributed by atoms with Gasteiger partial charge < -0.3 is 9.15 Å². The van der Waals surface area contributed by atoms with Crippen molar-refractivity contribution in [2.45, 2.75) is 18.6 Å². The third-order valence-corrected chi connectivity index (χ3v) is 3.08. The van der Waals surface area contributed by atoms with Crippen LogP contribution in [0.25, 0.3) is 0 Å². The van der Waals surface area contributed by atoms with E-state index >= 15 is 0 Å². The Bertz CT molecular complexity index is 496. The van der Waals surface area contributed by atoms with Crippen molar-refractivity contribution in [2.24, 2.45) is 0 Å². The van der Waals surface area contributed by atoms with Gasteiger partial charge in [-0.3, -0.25) is 0 Å². The number of aromatic nitrogens is 1. The van der Waals surface area contributed by atoms with Crippen LogP contribution in [0.3, 0.4) is 0 Å². The lowest BCUT2D eigenvalue weighted by molar-refractivity contribution is 0.294. The average Bonchev–Trinajstić information content (AvgIpc) is 2.69. The topological polar surface area (TPSA) is 35.3 Å². The summed E-state index contributed by atoms with van der Waals surface area (Å²) in [5.41, 5.74) is 0.824. The van der Waals surface area contributed by atoms with Crippen LogP contribution in [-0.2, 0) is 6.61 Å². The zero-order chi connectivity index (χ0) is 12.3. The molecule has 0 atom stereocenters. The molecule has 0 radical (unpaired) electrons. The molecule has 0 aliphatic carbocycles. The van der Waals surface area contributed by atoms with Crippen LogP contribution in [0.2, 0.25) is 5.02 Å². The lowest BCUT2D eigenvalue weighted by atomic mass is 10.3. The molecule has 3 nitrogen and oxygen atoms in total. The van der Waals surface area contributed by atoms with Crippen molar-refractivity contribution < 1.29 is 9.15 Å². The van der Waals surface area contributed by atoms with Crippen LogP contribution in [0.5, 0.6) is 5.75 Å². The molecule has 17 heavy (non-hydrogen) atoms. The summed E-state index contributed by atoms with van der Waals surface area (Å²) in [5, 5.41) is 1.50. The van der Waals surface area contributed by atoms with Crippen LogP contribution in [0.1, 0.15) is 11.6 Å². The summed E-state index contributed by atoms with van der Waals surface area (Å²) in [7, 11) is 0. The highest BCUT2D eigenvalue weighted by atomic mass is 35.5. The van der Waals surface area contributed by atoms with E-state index in [9.17, 15) is 0 Å². The maximum atomic E-state index is 5.79. The van der Waals surface area contributed by atoms with Gasteiger partial charge in [0.1, 0.15) is 18.1 Å². The summed E-state index contributed by atoms with van der Waals surface area (Å²) in [6.45, 7) is 2.22. The molecule has 2 aromatic rings. The number of rotatable bonds is 4. The third kappa shape index (κ3) is 3.17. The molecule has 1 aromatic carbocycles. The fourth-order valence-electron chi connectivity index (χ4n) is 1.38. The van der Waals surface area contributed by atoms with Gasteiger partial charge in [0.05, 0.1) is 0 Å². The highest BCUT2D eigenvalue weighted by Crippen LogP contribution is 2.23. The van der Waals surface area contributed by atoms with E-state index in [1.807, 2.05) is 25.3 Å². The van der Waals surface area contributed by atoms with Gasteiger partial charge in [-0.2, -0.15) is 0 Å². The van der Waals surface area contributed by atoms with Crippen molar-refractivity contribution in [3.63, 3.8) is 0 Å². The van der Waals surface area contributed by atoms with Crippen molar-refractivity contribution in [1.82, 2.24) is 4.98 Å². The van der Waals surface area contributed by atoms with Crippen molar-refractivity contribution in [3.05, 3.63) is 40.9 Å². The van der Waals surface area contributed by atoms with Gasteiger partial charge in [0, 0.05) is 11.9 Å². The maximum Gasteiger partial charge on any atom is 0.192 e. The Morgan fingerprint density at radius 1 is 1.35 bits per heavy atom. The minimum atomic E-state index is 0.398. The summed E-state index contributed by atoms with van der Waals surface area (Å²) in [5.74, 6) is 1.42. The van der Waals surface area contributed by atoms with Crippen LogP contribution in [0, 0.1) is 6.92 Å². The van der Waals surface area contributed by atoms with E-state index < -0.39 is 0 Å². The Kier molecular flexibility index (Phi) is 3.97. The fourth-order valence-corrected chi connectivity index (χ4v) is 2.05. The minimum Gasteiger partial charge on any atom is -0.487 e. The molecule has 0 spiro atoms. The van der Waals surface area contributed by atoms with Crippen LogP contribution in [0.15, 0.2) is 33.8 Å². The highest BCUT2D eigenvalue weighted by molar-refractivity contribution is 7.98.